The van der Waals surface area contributed by atoms with Crippen LogP contribution in [0.25, 0.3) is 0 Å². The fourth-order valence-corrected chi connectivity index (χ4v) is 3.83. The van der Waals surface area contributed by atoms with Crippen LogP contribution in [0.4, 0.5) is 0 Å². The van der Waals surface area contributed by atoms with E-state index in [1.807, 2.05) is 55.1 Å². The maximum atomic E-state index is 6.03. The third kappa shape index (κ3) is 5.92. The van der Waals surface area contributed by atoms with Gasteiger partial charge in [-0.1, -0.05) is 23.7 Å². The molecule has 9 heteroatoms. The molecule has 1 aromatic carbocycles. The fraction of sp³-hybridized carbons (Fsp3) is 0.316. The Labute approximate surface area is 191 Å². The minimum absolute atomic E-state index is 0. The molecule has 3 rings (SSSR count). The van der Waals surface area contributed by atoms with E-state index in [4.69, 9.17) is 11.6 Å². The molecule has 28 heavy (non-hydrogen) atoms. The van der Waals surface area contributed by atoms with Crippen LogP contribution in [0, 0.1) is 13.8 Å². The fourth-order valence-electron chi connectivity index (χ4n) is 2.83. The molecule has 0 aliphatic carbocycles. The predicted octanol–water partition coefficient (Wildman–Crippen LogP) is 4.18. The van der Waals surface area contributed by atoms with Crippen molar-refractivity contribution in [1.82, 2.24) is 25.4 Å². The van der Waals surface area contributed by atoms with Crippen molar-refractivity contribution >= 4 is 52.9 Å². The highest BCUT2D eigenvalue weighted by molar-refractivity contribution is 14.0. The number of hydrogen-bond acceptors (Lipinski definition) is 4. The molecule has 0 spiro atoms. The first-order valence-corrected chi connectivity index (χ1v) is 9.88. The Morgan fingerprint density at radius 2 is 2.00 bits per heavy atom. The highest BCUT2D eigenvalue weighted by Crippen LogP contribution is 2.20. The van der Waals surface area contributed by atoms with Crippen LogP contribution in [0.15, 0.2) is 47.7 Å². The number of aromatic nitrogens is 3. The molecule has 0 saturated carbocycles. The highest BCUT2D eigenvalue weighted by Gasteiger charge is 2.15. The van der Waals surface area contributed by atoms with Crippen LogP contribution in [0.1, 0.15) is 27.2 Å². The molecule has 6 nitrogen and oxygen atoms in total. The monoisotopic (exact) mass is 530 g/mol. The van der Waals surface area contributed by atoms with Crippen molar-refractivity contribution in [3.8, 4) is 0 Å². The van der Waals surface area contributed by atoms with E-state index < -0.39 is 0 Å². The summed E-state index contributed by atoms with van der Waals surface area (Å²) >= 11 is 7.74. The first-order valence-electron chi connectivity index (χ1n) is 8.69. The number of aryl methyl sites for hydroxylation is 2. The van der Waals surface area contributed by atoms with E-state index in [1.54, 1.807) is 24.6 Å². The van der Waals surface area contributed by atoms with Crippen LogP contribution in [0.5, 0.6) is 0 Å². The molecule has 3 aromatic rings. The van der Waals surface area contributed by atoms with Gasteiger partial charge >= 0.3 is 0 Å². The Balaban J connectivity index is 0.00000280. The number of hydrogen-bond donors (Lipinski definition) is 2. The molecule has 2 heterocycles. The topological polar surface area (TPSA) is 67.1 Å². The number of nitrogens with zero attached hydrogens (tertiary/aromatic N) is 4. The molecule has 0 aliphatic heterocycles. The molecular formula is C19H24ClIN6S. The Hall–Kier alpha value is -1.65. The Bertz CT molecular complexity index is 892. The number of aliphatic imine (C=N–C) groups is 1. The number of halogens is 2. The number of thiazole rings is 1. The molecular weight excluding hydrogens is 507 g/mol. The lowest BCUT2D eigenvalue weighted by Crippen LogP contribution is -2.40. The van der Waals surface area contributed by atoms with Crippen molar-refractivity contribution in [2.75, 3.05) is 13.6 Å². The summed E-state index contributed by atoms with van der Waals surface area (Å²) in [5.41, 5.74) is 2.19. The van der Waals surface area contributed by atoms with Gasteiger partial charge in [0.15, 0.2) is 5.96 Å². The summed E-state index contributed by atoms with van der Waals surface area (Å²) in [6.45, 7) is 5.40. The summed E-state index contributed by atoms with van der Waals surface area (Å²) in [4.78, 5) is 10.0. The number of benzene rings is 1. The van der Waals surface area contributed by atoms with Crippen LogP contribution in [0.3, 0.4) is 0 Å². The van der Waals surface area contributed by atoms with Gasteiger partial charge in [-0.2, -0.15) is 5.10 Å². The van der Waals surface area contributed by atoms with Crippen molar-refractivity contribution in [2.24, 2.45) is 4.99 Å². The van der Waals surface area contributed by atoms with Crippen molar-refractivity contribution in [3.63, 3.8) is 0 Å². The van der Waals surface area contributed by atoms with Crippen LogP contribution in [0.2, 0.25) is 5.02 Å². The first-order chi connectivity index (χ1) is 13.1. The molecule has 0 bridgehead atoms. The number of nitrogens with one attached hydrogen (secondary N) is 2. The normalized spacial score (nSPS) is 12.4. The van der Waals surface area contributed by atoms with Crippen molar-refractivity contribution in [2.45, 2.75) is 26.4 Å². The molecule has 2 aromatic heterocycles. The predicted molar refractivity (Wildman–Crippen MR) is 127 cm³/mol. The molecule has 0 amide bonds. The summed E-state index contributed by atoms with van der Waals surface area (Å²) in [6.07, 6.45) is 3.74. The molecule has 1 atom stereocenters. The SMILES string of the molecule is CN=C(NCc1sc(C)nc1C)NCC(c1ccc(Cl)cc1)n1cccn1.I. The van der Waals surface area contributed by atoms with Crippen LogP contribution < -0.4 is 10.6 Å². The van der Waals surface area contributed by atoms with Gasteiger partial charge in [0.05, 0.1) is 23.3 Å². The summed E-state index contributed by atoms with van der Waals surface area (Å²) in [7, 11) is 1.77. The average molecular weight is 531 g/mol. The molecule has 2 N–H and O–H groups in total. The Morgan fingerprint density at radius 1 is 1.25 bits per heavy atom. The average Bonchev–Trinajstić information content (AvgIpc) is 3.29. The number of rotatable bonds is 6. The largest absolute Gasteiger partial charge is 0.354 e. The van der Waals surface area contributed by atoms with E-state index in [-0.39, 0.29) is 30.0 Å². The quantitative estimate of drug-likeness (QED) is 0.285. The third-order valence-corrected chi connectivity index (χ3v) is 5.53. The lowest BCUT2D eigenvalue weighted by atomic mass is 10.1. The Morgan fingerprint density at radius 3 is 2.57 bits per heavy atom. The van der Waals surface area contributed by atoms with E-state index in [0.717, 1.165) is 27.2 Å². The third-order valence-electron chi connectivity index (χ3n) is 4.20. The summed E-state index contributed by atoms with van der Waals surface area (Å²) in [5, 5.41) is 13.0. The van der Waals surface area contributed by atoms with Crippen molar-refractivity contribution < 1.29 is 0 Å². The van der Waals surface area contributed by atoms with Gasteiger partial charge in [0.25, 0.3) is 0 Å². The minimum atomic E-state index is 0. The molecule has 1 unspecified atom stereocenters. The van der Waals surface area contributed by atoms with Gasteiger partial charge in [-0.25, -0.2) is 4.98 Å². The maximum Gasteiger partial charge on any atom is 0.191 e. The van der Waals surface area contributed by atoms with Gasteiger partial charge in [-0.15, -0.1) is 35.3 Å². The van der Waals surface area contributed by atoms with E-state index in [9.17, 15) is 0 Å². The van der Waals surface area contributed by atoms with Gasteiger partial charge in [0, 0.05) is 35.9 Å². The lowest BCUT2D eigenvalue weighted by Gasteiger charge is -2.20. The maximum absolute atomic E-state index is 6.03. The van der Waals surface area contributed by atoms with Crippen molar-refractivity contribution in [1.29, 1.82) is 0 Å². The second-order valence-corrected chi connectivity index (χ2v) is 7.83. The first kappa shape index (κ1) is 22.6. The minimum Gasteiger partial charge on any atom is -0.354 e. The van der Waals surface area contributed by atoms with Crippen LogP contribution >= 0.6 is 46.9 Å². The lowest BCUT2D eigenvalue weighted by molar-refractivity contribution is 0.511. The zero-order valence-electron chi connectivity index (χ0n) is 16.0. The van der Waals surface area contributed by atoms with Gasteiger partial charge in [-0.05, 0) is 37.6 Å². The van der Waals surface area contributed by atoms with Crippen LogP contribution in [-0.4, -0.2) is 34.3 Å². The Kier molecular flexibility index (Phi) is 8.71. The smallest absolute Gasteiger partial charge is 0.191 e. The molecule has 150 valence electrons. The summed E-state index contributed by atoms with van der Waals surface area (Å²) in [6, 6.07) is 9.80. The zero-order valence-corrected chi connectivity index (χ0v) is 19.9. The summed E-state index contributed by atoms with van der Waals surface area (Å²) < 4.78 is 1.93. The standard InChI is InChI=1S/C19H23ClN6S.HI/c1-13-18(27-14(2)25-13)12-23-19(21-3)22-11-17(26-10-4-9-24-26)15-5-7-16(20)8-6-15;/h4-10,17H,11-12H2,1-3H3,(H2,21,22,23);1H. The second-order valence-electron chi connectivity index (χ2n) is 6.10. The summed E-state index contributed by atoms with van der Waals surface area (Å²) in [5.74, 6) is 0.742. The highest BCUT2D eigenvalue weighted by atomic mass is 127. The van der Waals surface area contributed by atoms with E-state index in [1.165, 1.54) is 4.88 Å². The van der Waals surface area contributed by atoms with E-state index in [0.29, 0.717) is 13.1 Å². The van der Waals surface area contributed by atoms with Gasteiger partial charge < -0.3 is 10.6 Å². The molecule has 0 aliphatic rings. The second kappa shape index (κ2) is 10.8. The van der Waals surface area contributed by atoms with E-state index >= 15 is 0 Å². The van der Waals surface area contributed by atoms with Gasteiger partial charge in [-0.3, -0.25) is 9.67 Å². The van der Waals surface area contributed by atoms with Crippen molar-refractivity contribution in [3.05, 3.63) is 68.9 Å². The van der Waals surface area contributed by atoms with Gasteiger partial charge in [0.1, 0.15) is 0 Å². The van der Waals surface area contributed by atoms with Crippen LogP contribution in [-0.2, 0) is 6.54 Å². The van der Waals surface area contributed by atoms with E-state index in [2.05, 4.69) is 25.7 Å². The molecule has 0 radical (unpaired) electrons. The van der Waals surface area contributed by atoms with Gasteiger partial charge in [0.2, 0.25) is 0 Å². The zero-order chi connectivity index (χ0) is 19.2. The molecule has 0 fully saturated rings. The number of guanidine groups is 1. The molecule has 0 saturated heterocycles.